The van der Waals surface area contributed by atoms with Gasteiger partial charge in [-0.3, -0.25) is 0 Å². The van der Waals surface area contributed by atoms with Gasteiger partial charge in [-0.2, -0.15) is 0 Å². The molecule has 10 nitrogen and oxygen atoms in total. The first-order chi connectivity index (χ1) is 7.07. The molecule has 0 aromatic carbocycles. The summed E-state index contributed by atoms with van der Waals surface area (Å²) in [6.07, 6.45) is 0. The fourth-order valence-corrected chi connectivity index (χ4v) is 0. The van der Waals surface area contributed by atoms with Gasteiger partial charge in [0.1, 0.15) is 0 Å². The molecule has 0 saturated heterocycles. The molecule has 0 spiro atoms. The molecule has 0 aliphatic heterocycles. The predicted octanol–water partition coefficient (Wildman–Crippen LogP) is 1.65. The van der Waals surface area contributed by atoms with E-state index in [9.17, 15) is 0 Å². The molecule has 0 aliphatic carbocycles. The molecule has 0 saturated carbocycles. The molecule has 17 heteroatoms. The van der Waals surface area contributed by atoms with Crippen LogP contribution in [0.3, 0.4) is 0 Å². The van der Waals surface area contributed by atoms with E-state index >= 15 is 0 Å². The minimum absolute atomic E-state index is 0. The van der Waals surface area contributed by atoms with Crippen LogP contribution in [0.1, 0.15) is 1.43 Å². The van der Waals surface area contributed by atoms with Gasteiger partial charge in [0.2, 0.25) is 0 Å². The van der Waals surface area contributed by atoms with Crippen LogP contribution in [-0.4, -0.2) is 0 Å². The van der Waals surface area contributed by atoms with Crippen LogP contribution in [0.15, 0.2) is 23.5 Å². The van der Waals surface area contributed by atoms with Crippen LogP contribution >= 0.6 is 58.9 Å². The Bertz CT molecular complexity index is 113. The molecule has 0 aliphatic rings. The second-order valence-corrected chi connectivity index (χ2v) is 1.04. The number of rotatable bonds is 0. The normalized spacial score (nSPS) is 3.82. The van der Waals surface area contributed by atoms with Crippen LogP contribution in [0.4, 0.5) is 0 Å². The smallest absolute Gasteiger partial charge is 1.00 e. The van der Waals surface area contributed by atoms with Gasteiger partial charge in [0.15, 0.2) is 0 Å². The minimum Gasteiger partial charge on any atom is -1.00 e. The zero-order chi connectivity index (χ0) is 13.5. The largest absolute Gasteiger partial charge is 1.00 e. The molecule has 0 bridgehead atoms. The van der Waals surface area contributed by atoms with Crippen molar-refractivity contribution in [2.24, 2.45) is 23.5 Å². The summed E-state index contributed by atoms with van der Waals surface area (Å²) < 4.78 is 8.61. The van der Waals surface area contributed by atoms with Crippen LogP contribution in [0.2, 0.25) is 0 Å². The molecule has 0 aromatic heterocycles. The number of hydrogen-bond donors (Lipinski definition) is 0. The first-order valence-electron chi connectivity index (χ1n) is 1.76. The summed E-state index contributed by atoms with van der Waals surface area (Å²) in [6.45, 7) is 0. The molecule has 0 unspecified atom stereocenters. The van der Waals surface area contributed by atoms with Crippen molar-refractivity contribution in [2.45, 2.75) is 0 Å². The fourth-order valence-electron chi connectivity index (χ4n) is 0. The Morgan fingerprint density at radius 2 is 0.529 bits per heavy atom. The Kier molecular flexibility index (Phi) is 276. The third-order valence-electron chi connectivity index (χ3n) is 0. The summed E-state index contributed by atoms with van der Waals surface area (Å²) in [7, 11) is 0. The molecule has 0 fully saturated rings. The molecule has 0 radical (unpaired) electrons. The Hall–Kier alpha value is 1.71. The van der Waals surface area contributed by atoms with Crippen molar-refractivity contribution < 1.29 is 72.3 Å². The molecule has 0 N–H and O–H groups in total. The summed E-state index contributed by atoms with van der Waals surface area (Å²) in [4.78, 5) is 41.6. The van der Waals surface area contributed by atoms with Gasteiger partial charge in [0, 0.05) is 43.0 Å². The average molecular weight is 468 g/mol. The first-order valence-corrected chi connectivity index (χ1v) is 3.45. The minimum atomic E-state index is 0. The van der Waals surface area contributed by atoms with E-state index in [1.807, 2.05) is 0 Å². The Morgan fingerprint density at radius 1 is 0.529 bits per heavy atom. The van der Waals surface area contributed by atoms with Gasteiger partial charge in [-0.15, -0.1) is 24.5 Å². The molecular weight excluding hydrogens is 467 g/mol. The van der Waals surface area contributed by atoms with E-state index < -0.39 is 0 Å². The summed E-state index contributed by atoms with van der Waals surface area (Å²) in [6, 6.07) is 0. The quantitative estimate of drug-likeness (QED) is 0.392. The number of halogens is 5. The van der Waals surface area contributed by atoms with Crippen molar-refractivity contribution >= 4 is 58.9 Å². The Labute approximate surface area is 176 Å². The fraction of sp³-hybridized carbons (Fsp3) is 0. The monoisotopic (exact) mass is 467 g/mol. The van der Waals surface area contributed by atoms with Crippen molar-refractivity contribution in [3.63, 3.8) is 0 Å². The molecule has 0 amide bonds. The molecule has 0 rings (SSSR count). The van der Waals surface area contributed by atoms with Gasteiger partial charge in [-0.25, -0.2) is 0 Å². The van der Waals surface area contributed by atoms with E-state index in [-0.39, 0.29) is 72.3 Å². The van der Waals surface area contributed by atoms with Crippen LogP contribution < -0.4 is 51.4 Å². The molecule has 0 heterocycles. The van der Waals surface area contributed by atoms with Gasteiger partial charge in [-0.05, 0) is 0 Å². The molecule has 17 heavy (non-hydrogen) atoms. The maximum atomic E-state index is 8.32. The van der Waals surface area contributed by atoms with Crippen LogP contribution in [0.25, 0.3) is 0 Å². The summed E-state index contributed by atoms with van der Waals surface area (Å²) in [5.41, 5.74) is 0. The van der Waals surface area contributed by atoms with E-state index in [4.69, 9.17) is 24.5 Å². The summed E-state index contributed by atoms with van der Waals surface area (Å²) in [5, 5.41) is 0. The van der Waals surface area contributed by atoms with E-state index in [1.165, 1.54) is 0 Å². The number of hydrogen-bond acceptors (Lipinski definition) is 10. The summed E-state index contributed by atoms with van der Waals surface area (Å²) >= 11 is 20.3. The predicted molar refractivity (Wildman–Crippen MR) is 59.4 cm³/mol. The Balaban J connectivity index is -0.0000000111. The standard InChI is InChI=1S/5ClNO.K.Ru.H/c5*1-2-3;;;/q;;;;;+1;;-1. The van der Waals surface area contributed by atoms with E-state index in [2.05, 4.69) is 58.9 Å². The SMILES string of the molecule is O=NCl.O=NCl.O=NCl.O=NCl.O=NCl.[H-].[K+].[Ru]. The molecule has 0 aromatic rings. The number of nitrogens with zero attached hydrogens (tertiary/aromatic N) is 5. The van der Waals surface area contributed by atoms with Crippen molar-refractivity contribution in [1.82, 2.24) is 0 Å². The number of nitroso groups, excluding NO2 is 5. The van der Waals surface area contributed by atoms with Crippen molar-refractivity contribution in [3.8, 4) is 0 Å². The van der Waals surface area contributed by atoms with Crippen molar-refractivity contribution in [1.29, 1.82) is 0 Å². The first kappa shape index (κ1) is 42.8. The zero-order valence-electron chi connectivity index (χ0n) is 8.52. The van der Waals surface area contributed by atoms with Gasteiger partial charge >= 0.3 is 51.4 Å². The van der Waals surface area contributed by atoms with E-state index in [0.717, 1.165) is 0 Å². The van der Waals surface area contributed by atoms with Crippen LogP contribution in [-0.2, 0) is 19.5 Å². The topological polar surface area (TPSA) is 147 Å². The van der Waals surface area contributed by atoms with Gasteiger partial charge in [0.25, 0.3) is 0 Å². The maximum Gasteiger partial charge on any atom is 1.00 e. The van der Waals surface area contributed by atoms with E-state index in [1.54, 1.807) is 23.5 Å². The van der Waals surface area contributed by atoms with Crippen LogP contribution in [0.5, 0.6) is 0 Å². The third-order valence-corrected chi connectivity index (χ3v) is 0. The third kappa shape index (κ3) is 1500. The van der Waals surface area contributed by atoms with Gasteiger partial charge in [0.05, 0.1) is 58.9 Å². The molecule has 100 valence electrons. The second kappa shape index (κ2) is 110. The van der Waals surface area contributed by atoms with E-state index in [0.29, 0.717) is 0 Å². The zero-order valence-corrected chi connectivity index (χ0v) is 16.2. The van der Waals surface area contributed by atoms with Crippen LogP contribution in [0, 0.1) is 24.5 Å². The Morgan fingerprint density at radius 3 is 0.529 bits per heavy atom. The van der Waals surface area contributed by atoms with Gasteiger partial charge in [-0.1, -0.05) is 0 Å². The summed E-state index contributed by atoms with van der Waals surface area (Å²) in [5.74, 6) is 0. The van der Waals surface area contributed by atoms with Crippen molar-refractivity contribution in [2.75, 3.05) is 0 Å². The average Bonchev–Trinajstić information content (AvgIpc) is 2.09. The molecule has 0 atom stereocenters. The second-order valence-electron chi connectivity index (χ2n) is 0.345. The molecular formula is HCl5KN5O5Ru. The maximum absolute atomic E-state index is 8.32. The van der Waals surface area contributed by atoms with Gasteiger partial charge < -0.3 is 1.43 Å². The van der Waals surface area contributed by atoms with Crippen molar-refractivity contribution in [3.05, 3.63) is 24.5 Å².